The van der Waals surface area contributed by atoms with Crippen molar-refractivity contribution in [3.63, 3.8) is 0 Å². The Morgan fingerprint density at radius 3 is 2.44 bits per heavy atom. The van der Waals surface area contributed by atoms with Crippen molar-refractivity contribution < 1.29 is 25.5 Å². The zero-order valence-corrected chi connectivity index (χ0v) is 7.90. The van der Waals surface area contributed by atoms with Gasteiger partial charge in [-0.2, -0.15) is 6.07 Å². The maximum Gasteiger partial charge on any atom is 2.00 e. The molecule has 0 unspecified atom stereocenters. The van der Waals surface area contributed by atoms with Gasteiger partial charge in [-0.1, -0.05) is 12.4 Å². The normalized spacial score (nSPS) is 6.78. The largest absolute Gasteiger partial charge is 2.00 e. The number of hydrogen-bond donors (Lipinski definition) is 0. The second kappa shape index (κ2) is 5.90. The summed E-state index contributed by atoms with van der Waals surface area (Å²) in [6.45, 7) is 0. The molecule has 0 aliphatic carbocycles. The van der Waals surface area contributed by atoms with Gasteiger partial charge in [-0.3, -0.25) is 0 Å². The van der Waals surface area contributed by atoms with Gasteiger partial charge in [-0.25, -0.2) is 4.39 Å². The molecular formula is C6H6FNW. The van der Waals surface area contributed by atoms with Crippen molar-refractivity contribution in [2.75, 3.05) is 0 Å². The summed E-state index contributed by atoms with van der Waals surface area (Å²) in [7, 11) is 0. The van der Waals surface area contributed by atoms with Crippen LogP contribution in [0.4, 0.5) is 4.39 Å². The molecule has 1 nitrogen and oxygen atoms in total. The molecule has 0 aliphatic rings. The number of pyridine rings is 1. The summed E-state index contributed by atoms with van der Waals surface area (Å²) in [6, 6.07) is 3.73. The van der Waals surface area contributed by atoms with E-state index in [0.717, 1.165) is 6.20 Å². The van der Waals surface area contributed by atoms with Crippen molar-refractivity contribution in [2.45, 2.75) is 0 Å². The summed E-state index contributed by atoms with van der Waals surface area (Å²) in [6.07, 6.45) is 2.59. The molecule has 0 aromatic carbocycles. The number of hydrogen-bond acceptors (Lipinski definition) is 1. The standard InChI is InChI=1S/C5H3FN.CH3.W/c6-5-2-1-3-7-4-5;;/h1,3-4H;1H3;/q2*-1;+2. The quantitative estimate of drug-likeness (QED) is 0.661. The van der Waals surface area contributed by atoms with Crippen LogP contribution in [0, 0.1) is 19.3 Å². The van der Waals surface area contributed by atoms with Crippen LogP contribution in [0.25, 0.3) is 0 Å². The third-order valence-electron chi connectivity index (χ3n) is 0.570. The van der Waals surface area contributed by atoms with E-state index in [2.05, 4.69) is 11.1 Å². The smallest absolute Gasteiger partial charge is 0.388 e. The van der Waals surface area contributed by atoms with Crippen LogP contribution >= 0.6 is 0 Å². The molecule has 0 bridgehead atoms. The predicted octanol–water partition coefficient (Wildman–Crippen LogP) is 1.47. The van der Waals surface area contributed by atoms with Gasteiger partial charge in [-0.05, 0) is 0 Å². The van der Waals surface area contributed by atoms with Crippen LogP contribution < -0.4 is 0 Å². The minimum Gasteiger partial charge on any atom is -0.388 e. The summed E-state index contributed by atoms with van der Waals surface area (Å²) in [4.78, 5) is 3.48. The molecule has 9 heavy (non-hydrogen) atoms. The Morgan fingerprint density at radius 2 is 2.22 bits per heavy atom. The summed E-state index contributed by atoms with van der Waals surface area (Å²) >= 11 is 0. The van der Waals surface area contributed by atoms with Gasteiger partial charge in [0.25, 0.3) is 0 Å². The van der Waals surface area contributed by atoms with E-state index in [1.165, 1.54) is 12.3 Å². The van der Waals surface area contributed by atoms with E-state index >= 15 is 0 Å². The number of nitrogens with zero attached hydrogens (tertiary/aromatic N) is 1. The second-order valence-corrected chi connectivity index (χ2v) is 1.09. The summed E-state index contributed by atoms with van der Waals surface area (Å²) in [5, 5.41) is 0. The average molecular weight is 295 g/mol. The zero-order chi connectivity index (χ0) is 5.11. The molecular weight excluding hydrogens is 289 g/mol. The predicted molar refractivity (Wildman–Crippen MR) is 29.4 cm³/mol. The Labute approximate surface area is 68.6 Å². The Balaban J connectivity index is 0. The van der Waals surface area contributed by atoms with Gasteiger partial charge in [0, 0.05) is 5.82 Å². The molecule has 0 spiro atoms. The van der Waals surface area contributed by atoms with Crippen molar-refractivity contribution in [2.24, 2.45) is 0 Å². The molecule has 0 fully saturated rings. The molecule has 0 radical (unpaired) electrons. The Morgan fingerprint density at radius 1 is 1.56 bits per heavy atom. The van der Waals surface area contributed by atoms with E-state index in [-0.39, 0.29) is 28.5 Å². The number of halogens is 1. The first-order chi connectivity index (χ1) is 3.39. The fourth-order valence-electron chi connectivity index (χ4n) is 0.306. The first-order valence-electron chi connectivity index (χ1n) is 1.87. The van der Waals surface area contributed by atoms with E-state index in [0.29, 0.717) is 0 Å². The van der Waals surface area contributed by atoms with Gasteiger partial charge >= 0.3 is 21.1 Å². The van der Waals surface area contributed by atoms with Crippen LogP contribution in [-0.4, -0.2) is 4.98 Å². The van der Waals surface area contributed by atoms with Crippen LogP contribution in [-0.2, 0) is 21.1 Å². The van der Waals surface area contributed by atoms with Gasteiger partial charge in [0.1, 0.15) is 0 Å². The van der Waals surface area contributed by atoms with Crippen molar-refractivity contribution in [1.29, 1.82) is 0 Å². The third-order valence-corrected chi connectivity index (χ3v) is 0.570. The molecule has 0 N–H and O–H groups in total. The van der Waals surface area contributed by atoms with Gasteiger partial charge in [0.05, 0.1) is 0 Å². The van der Waals surface area contributed by atoms with E-state index in [9.17, 15) is 4.39 Å². The summed E-state index contributed by atoms with van der Waals surface area (Å²) < 4.78 is 11.8. The van der Waals surface area contributed by atoms with Crippen molar-refractivity contribution in [3.8, 4) is 0 Å². The van der Waals surface area contributed by atoms with Crippen LogP contribution in [0.15, 0.2) is 18.5 Å². The Kier molecular flexibility index (Phi) is 7.57. The minimum atomic E-state index is -0.414. The average Bonchev–Trinajstić information content (AvgIpc) is 1.69. The summed E-state index contributed by atoms with van der Waals surface area (Å²) in [5.41, 5.74) is 0. The molecule has 0 amide bonds. The molecule has 3 heteroatoms. The fourth-order valence-corrected chi connectivity index (χ4v) is 0.306. The van der Waals surface area contributed by atoms with Gasteiger partial charge < -0.3 is 12.4 Å². The maximum atomic E-state index is 11.8. The second-order valence-electron chi connectivity index (χ2n) is 1.09. The monoisotopic (exact) mass is 295 g/mol. The molecule has 48 valence electrons. The van der Waals surface area contributed by atoms with Crippen LogP contribution in [0.2, 0.25) is 0 Å². The molecule has 0 atom stereocenters. The van der Waals surface area contributed by atoms with Crippen molar-refractivity contribution in [3.05, 3.63) is 37.8 Å². The van der Waals surface area contributed by atoms with Gasteiger partial charge in [0.15, 0.2) is 0 Å². The molecule has 0 saturated carbocycles. The Hall–Kier alpha value is -0.232. The van der Waals surface area contributed by atoms with Gasteiger partial charge in [0.2, 0.25) is 0 Å². The van der Waals surface area contributed by atoms with E-state index < -0.39 is 5.82 Å². The number of aromatic nitrogens is 1. The first kappa shape index (κ1) is 11.6. The number of rotatable bonds is 0. The van der Waals surface area contributed by atoms with Crippen molar-refractivity contribution >= 4 is 0 Å². The van der Waals surface area contributed by atoms with E-state index in [1.807, 2.05) is 0 Å². The van der Waals surface area contributed by atoms with Gasteiger partial charge in [-0.15, -0.1) is 6.07 Å². The molecule has 1 aromatic rings. The maximum absolute atomic E-state index is 11.8. The van der Waals surface area contributed by atoms with E-state index in [1.54, 1.807) is 0 Å². The van der Waals surface area contributed by atoms with Crippen molar-refractivity contribution in [1.82, 2.24) is 4.98 Å². The third kappa shape index (κ3) is 4.28. The molecule has 1 heterocycles. The Bertz CT molecular complexity index is 143. The molecule has 1 rings (SSSR count). The molecule has 0 saturated heterocycles. The summed E-state index contributed by atoms with van der Waals surface area (Å²) in [5.74, 6) is -0.414. The molecule has 1 aromatic heterocycles. The van der Waals surface area contributed by atoms with Crippen LogP contribution in [0.5, 0.6) is 0 Å². The minimum absolute atomic E-state index is 0. The first-order valence-corrected chi connectivity index (χ1v) is 1.87. The van der Waals surface area contributed by atoms with E-state index in [4.69, 9.17) is 0 Å². The van der Waals surface area contributed by atoms with Crippen LogP contribution in [0.1, 0.15) is 0 Å². The fraction of sp³-hybridized carbons (Fsp3) is 0. The molecule has 0 aliphatic heterocycles. The zero-order valence-electron chi connectivity index (χ0n) is 4.97. The topological polar surface area (TPSA) is 12.9 Å². The SMILES string of the molecule is Fc1[c-]ccnc1.[CH3-].[W+2]. The van der Waals surface area contributed by atoms with Crippen LogP contribution in [0.3, 0.4) is 0 Å².